The lowest BCUT2D eigenvalue weighted by molar-refractivity contribution is -0.137. The number of cyclic esters (lactones) is 1. The molecule has 1 heterocycles. The van der Waals surface area contributed by atoms with Crippen LogP contribution in [0.15, 0.2) is 24.3 Å². The summed E-state index contributed by atoms with van der Waals surface area (Å²) in [6, 6.07) is 4.40. The second-order valence-corrected chi connectivity index (χ2v) is 4.57. The molecule has 0 saturated carbocycles. The van der Waals surface area contributed by atoms with Crippen molar-refractivity contribution in [3.8, 4) is 0 Å². The molecule has 1 saturated heterocycles. The predicted molar refractivity (Wildman–Crippen MR) is 63.8 cm³/mol. The number of nitrogens with zero attached hydrogens (tertiary/aromatic N) is 1. The van der Waals surface area contributed by atoms with E-state index < -0.39 is 17.8 Å². The van der Waals surface area contributed by atoms with Crippen molar-refractivity contribution in [1.29, 1.82) is 0 Å². The number of hydrogen-bond donors (Lipinski definition) is 1. The van der Waals surface area contributed by atoms with Crippen LogP contribution in [0.2, 0.25) is 0 Å². The summed E-state index contributed by atoms with van der Waals surface area (Å²) >= 11 is 0. The Hall–Kier alpha value is -1.76. The first-order valence-corrected chi connectivity index (χ1v) is 6.12. The van der Waals surface area contributed by atoms with Gasteiger partial charge in [0, 0.05) is 13.2 Å². The third-order valence-electron chi connectivity index (χ3n) is 3.17. The number of amides is 1. The third-order valence-corrected chi connectivity index (χ3v) is 3.17. The van der Waals surface area contributed by atoms with Gasteiger partial charge in [-0.25, -0.2) is 4.79 Å². The maximum Gasteiger partial charge on any atom is 0.416 e. The van der Waals surface area contributed by atoms with E-state index in [1.54, 1.807) is 0 Å². The first-order chi connectivity index (χ1) is 9.41. The fraction of sp³-hybridized carbons (Fsp3) is 0.462. The summed E-state index contributed by atoms with van der Waals surface area (Å²) < 4.78 is 42.2. The van der Waals surface area contributed by atoms with Crippen molar-refractivity contribution >= 4 is 6.09 Å². The fourth-order valence-corrected chi connectivity index (χ4v) is 2.07. The second-order valence-electron chi connectivity index (χ2n) is 4.57. The van der Waals surface area contributed by atoms with Gasteiger partial charge in [0.2, 0.25) is 0 Å². The minimum absolute atomic E-state index is 0.0786. The van der Waals surface area contributed by atoms with Gasteiger partial charge in [0.05, 0.1) is 11.6 Å². The van der Waals surface area contributed by atoms with Gasteiger partial charge in [-0.2, -0.15) is 13.2 Å². The number of halogens is 3. The van der Waals surface area contributed by atoms with Crippen LogP contribution in [0.1, 0.15) is 17.5 Å². The van der Waals surface area contributed by atoms with E-state index in [9.17, 15) is 18.0 Å². The van der Waals surface area contributed by atoms with Gasteiger partial charge in [-0.05, 0) is 24.1 Å². The number of carbonyl (C=O) groups is 1. The lowest BCUT2D eigenvalue weighted by Crippen LogP contribution is -2.33. The quantitative estimate of drug-likeness (QED) is 0.926. The number of carbonyl (C=O) groups excluding carboxylic acids is 1. The molecule has 1 aromatic rings. The normalized spacial score (nSPS) is 19.3. The molecular weight excluding hydrogens is 275 g/mol. The van der Waals surface area contributed by atoms with E-state index in [4.69, 9.17) is 9.84 Å². The summed E-state index contributed by atoms with van der Waals surface area (Å²) in [4.78, 5) is 12.9. The van der Waals surface area contributed by atoms with Crippen molar-refractivity contribution in [2.45, 2.75) is 25.2 Å². The van der Waals surface area contributed by atoms with Crippen LogP contribution in [-0.4, -0.2) is 35.4 Å². The van der Waals surface area contributed by atoms with Crippen molar-refractivity contribution in [1.82, 2.24) is 4.90 Å². The molecule has 7 heteroatoms. The van der Waals surface area contributed by atoms with Crippen molar-refractivity contribution in [3.63, 3.8) is 0 Å². The van der Waals surface area contributed by atoms with Crippen LogP contribution in [0.25, 0.3) is 0 Å². The number of ether oxygens (including phenoxy) is 1. The van der Waals surface area contributed by atoms with E-state index >= 15 is 0 Å². The van der Waals surface area contributed by atoms with E-state index in [-0.39, 0.29) is 25.8 Å². The Morgan fingerprint density at radius 2 is 1.95 bits per heavy atom. The van der Waals surface area contributed by atoms with Crippen LogP contribution in [0.4, 0.5) is 18.0 Å². The molecule has 20 heavy (non-hydrogen) atoms. The van der Waals surface area contributed by atoms with Crippen LogP contribution in [0.5, 0.6) is 0 Å². The summed E-state index contributed by atoms with van der Waals surface area (Å²) in [6.45, 7) is 0.284. The molecule has 1 unspecified atom stereocenters. The molecule has 2 rings (SSSR count). The van der Waals surface area contributed by atoms with E-state index in [2.05, 4.69) is 0 Å². The first kappa shape index (κ1) is 14.6. The van der Waals surface area contributed by atoms with Gasteiger partial charge in [-0.1, -0.05) is 12.1 Å². The zero-order chi connectivity index (χ0) is 14.8. The summed E-state index contributed by atoms with van der Waals surface area (Å²) in [5.74, 6) is 0. The maximum atomic E-state index is 12.4. The largest absolute Gasteiger partial charge is 0.447 e. The number of aliphatic hydroxyl groups is 1. The molecule has 1 aliphatic heterocycles. The minimum Gasteiger partial charge on any atom is -0.447 e. The molecule has 1 fully saturated rings. The topological polar surface area (TPSA) is 49.8 Å². The van der Waals surface area contributed by atoms with Crippen LogP contribution in [-0.2, 0) is 17.5 Å². The van der Waals surface area contributed by atoms with Gasteiger partial charge in [0.15, 0.2) is 0 Å². The van der Waals surface area contributed by atoms with Crippen molar-refractivity contribution in [2.75, 3.05) is 13.2 Å². The highest BCUT2D eigenvalue weighted by atomic mass is 19.4. The van der Waals surface area contributed by atoms with Crippen molar-refractivity contribution in [2.24, 2.45) is 0 Å². The van der Waals surface area contributed by atoms with Crippen LogP contribution in [0, 0.1) is 0 Å². The van der Waals surface area contributed by atoms with Gasteiger partial charge in [0.1, 0.15) is 6.61 Å². The van der Waals surface area contributed by atoms with Crippen molar-refractivity contribution < 1.29 is 27.8 Å². The molecule has 0 aliphatic carbocycles. The molecule has 1 atom stereocenters. The molecule has 0 aromatic heterocycles. The molecule has 1 aromatic carbocycles. The van der Waals surface area contributed by atoms with Gasteiger partial charge >= 0.3 is 12.3 Å². The lowest BCUT2D eigenvalue weighted by Gasteiger charge is -2.20. The van der Waals surface area contributed by atoms with E-state index in [1.807, 2.05) is 0 Å². The zero-order valence-electron chi connectivity index (χ0n) is 10.6. The summed E-state index contributed by atoms with van der Waals surface area (Å²) in [5.41, 5.74) is -0.142. The predicted octanol–water partition coefficient (Wildman–Crippen LogP) is 2.41. The number of rotatable bonds is 4. The highest BCUT2D eigenvalue weighted by Crippen LogP contribution is 2.29. The molecule has 110 valence electrons. The standard InChI is InChI=1S/C13H14F3NO3/c14-13(15,16)10-3-1-9(2-4-10)7-17-11(5-6-18)8-20-12(17)19/h1-4,11,18H,5-8H2. The van der Waals surface area contributed by atoms with Crippen LogP contribution >= 0.6 is 0 Å². The van der Waals surface area contributed by atoms with Gasteiger partial charge < -0.3 is 9.84 Å². The molecule has 1 amide bonds. The van der Waals surface area contributed by atoms with E-state index in [1.165, 1.54) is 17.0 Å². The number of benzene rings is 1. The van der Waals surface area contributed by atoms with Gasteiger partial charge in [-0.15, -0.1) is 0 Å². The smallest absolute Gasteiger partial charge is 0.416 e. The number of aliphatic hydroxyl groups excluding tert-OH is 1. The monoisotopic (exact) mass is 289 g/mol. The molecule has 4 nitrogen and oxygen atoms in total. The summed E-state index contributed by atoms with van der Waals surface area (Å²) in [5, 5.41) is 8.90. The fourth-order valence-electron chi connectivity index (χ4n) is 2.07. The first-order valence-electron chi connectivity index (χ1n) is 6.12. The number of alkyl halides is 3. The molecule has 0 spiro atoms. The van der Waals surface area contributed by atoms with Crippen LogP contribution in [0.3, 0.4) is 0 Å². The summed E-state index contributed by atoms with van der Waals surface area (Å²) in [6.07, 6.45) is -4.50. The highest BCUT2D eigenvalue weighted by molar-refractivity contribution is 5.70. The Morgan fingerprint density at radius 1 is 1.30 bits per heavy atom. The van der Waals surface area contributed by atoms with Gasteiger partial charge in [0.25, 0.3) is 0 Å². The average molecular weight is 289 g/mol. The molecule has 1 aliphatic rings. The number of hydrogen-bond acceptors (Lipinski definition) is 3. The average Bonchev–Trinajstić information content (AvgIpc) is 2.72. The lowest BCUT2D eigenvalue weighted by atomic mass is 10.1. The van der Waals surface area contributed by atoms with E-state index in [0.717, 1.165) is 12.1 Å². The summed E-state index contributed by atoms with van der Waals surface area (Å²) in [7, 11) is 0. The Balaban J connectivity index is 2.07. The highest BCUT2D eigenvalue weighted by Gasteiger charge is 2.33. The zero-order valence-corrected chi connectivity index (χ0v) is 10.6. The molecule has 0 radical (unpaired) electrons. The Kier molecular flexibility index (Phi) is 4.17. The Labute approximate surface area is 113 Å². The Morgan fingerprint density at radius 3 is 2.50 bits per heavy atom. The Bertz CT molecular complexity index is 473. The molecule has 1 N–H and O–H groups in total. The molecule has 0 bridgehead atoms. The molecular formula is C13H14F3NO3. The second kappa shape index (κ2) is 5.70. The minimum atomic E-state index is -4.37. The maximum absolute atomic E-state index is 12.4. The van der Waals surface area contributed by atoms with Crippen LogP contribution < -0.4 is 0 Å². The SMILES string of the molecule is O=C1OCC(CCO)N1Cc1ccc(C(F)(F)F)cc1. The van der Waals surface area contributed by atoms with E-state index in [0.29, 0.717) is 12.0 Å². The van der Waals surface area contributed by atoms with Crippen molar-refractivity contribution in [3.05, 3.63) is 35.4 Å². The van der Waals surface area contributed by atoms with Gasteiger partial charge in [-0.3, -0.25) is 4.90 Å². The third kappa shape index (κ3) is 3.22.